The van der Waals surface area contributed by atoms with Crippen LogP contribution in [0.3, 0.4) is 0 Å². The third kappa shape index (κ3) is 0.940. The summed E-state index contributed by atoms with van der Waals surface area (Å²) in [5, 5.41) is 2.48. The standard InChI is InChI=1S/C6H8N6OS/c1-11-4-2(7)3(8)9-6(14)12(4)10-5(11)13/h7H2,1H3,(H,10,13)(H2,8,9,14). The molecule has 0 saturated heterocycles. The van der Waals surface area contributed by atoms with Gasteiger partial charge < -0.3 is 11.5 Å². The van der Waals surface area contributed by atoms with Crippen LogP contribution < -0.4 is 17.2 Å². The molecule has 0 aliphatic carbocycles. The monoisotopic (exact) mass is 212 g/mol. The van der Waals surface area contributed by atoms with E-state index in [-0.39, 0.29) is 22.0 Å². The second-order valence-corrected chi connectivity index (χ2v) is 3.19. The maximum Gasteiger partial charge on any atom is 0.342 e. The molecule has 74 valence electrons. The third-order valence-electron chi connectivity index (χ3n) is 1.97. The second-order valence-electron chi connectivity index (χ2n) is 2.83. The number of aryl methyl sites for hydroxylation is 1. The van der Waals surface area contributed by atoms with E-state index in [1.165, 1.54) is 9.08 Å². The zero-order valence-electron chi connectivity index (χ0n) is 7.31. The molecule has 0 aliphatic heterocycles. The van der Waals surface area contributed by atoms with Gasteiger partial charge in [-0.05, 0) is 12.2 Å². The van der Waals surface area contributed by atoms with Crippen LogP contribution in [-0.2, 0) is 7.05 Å². The van der Waals surface area contributed by atoms with Gasteiger partial charge in [0.15, 0.2) is 11.5 Å². The number of nitrogens with zero attached hydrogens (tertiary/aromatic N) is 3. The van der Waals surface area contributed by atoms with Crippen LogP contribution in [0.4, 0.5) is 11.5 Å². The number of nitrogen functional groups attached to an aromatic ring is 2. The summed E-state index contributed by atoms with van der Waals surface area (Å²) in [6.07, 6.45) is 0. The van der Waals surface area contributed by atoms with E-state index in [0.29, 0.717) is 5.65 Å². The van der Waals surface area contributed by atoms with Gasteiger partial charge in [-0.15, -0.1) is 0 Å². The largest absolute Gasteiger partial charge is 0.393 e. The van der Waals surface area contributed by atoms with Gasteiger partial charge in [0.05, 0.1) is 0 Å². The minimum Gasteiger partial charge on any atom is -0.393 e. The molecule has 14 heavy (non-hydrogen) atoms. The average molecular weight is 212 g/mol. The number of hydrogen-bond acceptors (Lipinski definition) is 5. The van der Waals surface area contributed by atoms with E-state index in [0.717, 1.165) is 0 Å². The van der Waals surface area contributed by atoms with Crippen molar-refractivity contribution in [3.63, 3.8) is 0 Å². The van der Waals surface area contributed by atoms with Gasteiger partial charge in [-0.25, -0.2) is 14.4 Å². The molecule has 0 saturated carbocycles. The van der Waals surface area contributed by atoms with Gasteiger partial charge in [-0.3, -0.25) is 4.57 Å². The zero-order valence-corrected chi connectivity index (χ0v) is 8.13. The fourth-order valence-corrected chi connectivity index (χ4v) is 1.47. The minimum atomic E-state index is -0.324. The Kier molecular flexibility index (Phi) is 1.61. The van der Waals surface area contributed by atoms with Gasteiger partial charge >= 0.3 is 5.69 Å². The van der Waals surface area contributed by atoms with Crippen LogP contribution in [0, 0.1) is 4.77 Å². The number of rotatable bonds is 0. The van der Waals surface area contributed by atoms with Crippen molar-refractivity contribution < 1.29 is 0 Å². The Bertz CT molecular complexity index is 620. The van der Waals surface area contributed by atoms with Gasteiger partial charge in [0.25, 0.3) is 0 Å². The molecular formula is C6H8N6OS. The smallest absolute Gasteiger partial charge is 0.342 e. The van der Waals surface area contributed by atoms with Crippen LogP contribution in [0.1, 0.15) is 0 Å². The van der Waals surface area contributed by atoms with Crippen LogP contribution in [0.15, 0.2) is 4.79 Å². The zero-order chi connectivity index (χ0) is 10.5. The van der Waals surface area contributed by atoms with Crippen molar-refractivity contribution in [1.82, 2.24) is 19.2 Å². The number of anilines is 2. The number of nitrogens with two attached hydrogens (primary N) is 2. The lowest BCUT2D eigenvalue weighted by atomic mass is 10.4. The van der Waals surface area contributed by atoms with Crippen LogP contribution >= 0.6 is 12.2 Å². The first kappa shape index (κ1) is 8.75. The lowest BCUT2D eigenvalue weighted by Gasteiger charge is -2.02. The third-order valence-corrected chi connectivity index (χ3v) is 2.24. The molecule has 0 spiro atoms. The molecule has 0 bridgehead atoms. The van der Waals surface area contributed by atoms with Crippen molar-refractivity contribution in [1.29, 1.82) is 0 Å². The van der Waals surface area contributed by atoms with Crippen molar-refractivity contribution in [2.24, 2.45) is 7.05 Å². The van der Waals surface area contributed by atoms with Gasteiger partial charge in [0.1, 0.15) is 5.69 Å². The summed E-state index contributed by atoms with van der Waals surface area (Å²) < 4.78 is 2.82. The number of aromatic nitrogens is 4. The highest BCUT2D eigenvalue weighted by molar-refractivity contribution is 7.71. The molecule has 0 radical (unpaired) electrons. The molecular weight excluding hydrogens is 204 g/mol. The molecule has 0 unspecified atom stereocenters. The maximum atomic E-state index is 11.3. The SMILES string of the molecule is Cn1c(=O)[nH]n2c(=S)nc(N)c(N)c12. The molecule has 0 aliphatic rings. The number of aromatic amines is 1. The molecule has 2 aromatic rings. The predicted octanol–water partition coefficient (Wildman–Crippen LogP) is -0.745. The van der Waals surface area contributed by atoms with Crippen LogP contribution in [0.5, 0.6) is 0 Å². The molecule has 0 fully saturated rings. The average Bonchev–Trinajstić information content (AvgIpc) is 2.41. The highest BCUT2D eigenvalue weighted by Gasteiger charge is 2.10. The summed E-state index contributed by atoms with van der Waals surface area (Å²) in [6.45, 7) is 0. The Morgan fingerprint density at radius 3 is 2.79 bits per heavy atom. The minimum absolute atomic E-state index is 0.129. The summed E-state index contributed by atoms with van der Waals surface area (Å²) in [4.78, 5) is 15.1. The van der Waals surface area contributed by atoms with Crippen molar-refractivity contribution >= 4 is 29.4 Å². The Labute approximate surface area is 83.0 Å². The Morgan fingerprint density at radius 1 is 1.50 bits per heavy atom. The van der Waals surface area contributed by atoms with Crippen molar-refractivity contribution in [2.45, 2.75) is 0 Å². The summed E-state index contributed by atoms with van der Waals surface area (Å²) in [6, 6.07) is 0. The quantitative estimate of drug-likeness (QED) is 0.498. The summed E-state index contributed by atoms with van der Waals surface area (Å²) >= 11 is 4.91. The maximum absolute atomic E-state index is 11.3. The first-order valence-electron chi connectivity index (χ1n) is 3.75. The highest BCUT2D eigenvalue weighted by Crippen LogP contribution is 2.16. The van der Waals surface area contributed by atoms with Crippen molar-refractivity contribution in [3.8, 4) is 0 Å². The normalized spacial score (nSPS) is 10.9. The molecule has 0 aromatic carbocycles. The summed E-state index contributed by atoms with van der Waals surface area (Å²) in [7, 11) is 1.57. The molecule has 0 atom stereocenters. The summed E-state index contributed by atoms with van der Waals surface area (Å²) in [5.41, 5.74) is 11.5. The number of hydrogen-bond donors (Lipinski definition) is 3. The van der Waals surface area contributed by atoms with Crippen LogP contribution in [0.2, 0.25) is 0 Å². The number of nitrogens with one attached hydrogen (secondary N) is 1. The molecule has 2 rings (SSSR count). The molecule has 2 aromatic heterocycles. The Balaban J connectivity index is 3.19. The predicted molar refractivity (Wildman–Crippen MR) is 54.4 cm³/mol. The van der Waals surface area contributed by atoms with Crippen molar-refractivity contribution in [3.05, 3.63) is 15.3 Å². The first-order valence-corrected chi connectivity index (χ1v) is 4.16. The fraction of sp³-hybridized carbons (Fsp3) is 0.167. The van der Waals surface area contributed by atoms with Crippen LogP contribution in [-0.4, -0.2) is 19.2 Å². The van der Waals surface area contributed by atoms with Crippen molar-refractivity contribution in [2.75, 3.05) is 11.5 Å². The molecule has 5 N–H and O–H groups in total. The fourth-order valence-electron chi connectivity index (χ4n) is 1.24. The Hall–Kier alpha value is -1.83. The first-order chi connectivity index (χ1) is 6.52. The lowest BCUT2D eigenvalue weighted by Crippen LogP contribution is -2.12. The lowest BCUT2D eigenvalue weighted by molar-refractivity contribution is 0.869. The van der Waals surface area contributed by atoms with E-state index in [1.54, 1.807) is 7.05 Å². The second kappa shape index (κ2) is 2.58. The molecule has 7 nitrogen and oxygen atoms in total. The molecule has 2 heterocycles. The van der Waals surface area contributed by atoms with E-state index in [4.69, 9.17) is 23.7 Å². The van der Waals surface area contributed by atoms with Gasteiger partial charge in [0.2, 0.25) is 4.77 Å². The van der Waals surface area contributed by atoms with E-state index < -0.39 is 0 Å². The topological polar surface area (TPSA) is 107 Å². The van der Waals surface area contributed by atoms with Gasteiger partial charge in [0, 0.05) is 7.05 Å². The number of fused-ring (bicyclic) bond motifs is 1. The van der Waals surface area contributed by atoms with Gasteiger partial charge in [-0.2, -0.15) is 4.98 Å². The summed E-state index contributed by atoms with van der Waals surface area (Å²) in [5.74, 6) is 0.129. The highest BCUT2D eigenvalue weighted by atomic mass is 32.1. The van der Waals surface area contributed by atoms with E-state index >= 15 is 0 Å². The van der Waals surface area contributed by atoms with Crippen LogP contribution in [0.25, 0.3) is 5.65 Å². The number of H-pyrrole nitrogens is 1. The van der Waals surface area contributed by atoms with Gasteiger partial charge in [-0.1, -0.05) is 0 Å². The van der Waals surface area contributed by atoms with E-state index in [9.17, 15) is 4.79 Å². The molecule has 0 amide bonds. The Morgan fingerprint density at radius 2 is 2.14 bits per heavy atom. The van der Waals surface area contributed by atoms with E-state index in [1.807, 2.05) is 0 Å². The van der Waals surface area contributed by atoms with E-state index in [2.05, 4.69) is 10.1 Å². The molecule has 8 heteroatoms.